The van der Waals surface area contributed by atoms with Gasteiger partial charge >= 0.3 is 0 Å². The lowest BCUT2D eigenvalue weighted by Gasteiger charge is -2.04. The Hall–Kier alpha value is -2.85. The molecule has 0 radical (unpaired) electrons. The Kier molecular flexibility index (Phi) is 6.09. The number of rotatable bonds is 6. The van der Waals surface area contributed by atoms with Crippen LogP contribution in [-0.4, -0.2) is 27.8 Å². The first-order valence-electron chi connectivity index (χ1n) is 7.59. The number of hydrogen-bond acceptors (Lipinski definition) is 6. The van der Waals surface area contributed by atoms with Crippen molar-refractivity contribution in [3.8, 4) is 0 Å². The van der Waals surface area contributed by atoms with Crippen molar-refractivity contribution in [2.75, 3.05) is 16.4 Å². The molecule has 0 fully saturated rings. The second kappa shape index (κ2) is 8.69. The SMILES string of the molecule is O=C(CSc1nnc(NC(=O)c2ccc(F)cc2)s1)Nc1ccccc1F. The van der Waals surface area contributed by atoms with Crippen LogP contribution in [-0.2, 0) is 4.79 Å². The number of nitrogens with zero attached hydrogens (tertiary/aromatic N) is 2. The van der Waals surface area contributed by atoms with E-state index in [4.69, 9.17) is 0 Å². The van der Waals surface area contributed by atoms with Crippen molar-refractivity contribution in [1.82, 2.24) is 10.2 Å². The Morgan fingerprint density at radius 2 is 1.74 bits per heavy atom. The summed E-state index contributed by atoms with van der Waals surface area (Å²) in [4.78, 5) is 23.9. The van der Waals surface area contributed by atoms with Crippen LogP contribution in [0.25, 0.3) is 0 Å². The predicted octanol–water partition coefficient (Wildman–Crippen LogP) is 3.80. The predicted molar refractivity (Wildman–Crippen MR) is 100 cm³/mol. The first-order chi connectivity index (χ1) is 13.0. The molecule has 0 spiro atoms. The molecule has 3 aromatic rings. The number of anilines is 2. The lowest BCUT2D eigenvalue weighted by atomic mass is 10.2. The summed E-state index contributed by atoms with van der Waals surface area (Å²) in [5, 5.41) is 13.0. The van der Waals surface area contributed by atoms with Gasteiger partial charge in [-0.2, -0.15) is 0 Å². The molecule has 0 aliphatic heterocycles. The zero-order valence-electron chi connectivity index (χ0n) is 13.6. The third kappa shape index (κ3) is 5.31. The monoisotopic (exact) mass is 406 g/mol. The minimum Gasteiger partial charge on any atom is -0.323 e. The molecule has 2 N–H and O–H groups in total. The summed E-state index contributed by atoms with van der Waals surface area (Å²) in [5.74, 6) is -1.78. The van der Waals surface area contributed by atoms with Crippen LogP contribution in [0.2, 0.25) is 0 Å². The number of hydrogen-bond donors (Lipinski definition) is 2. The Balaban J connectivity index is 1.52. The molecule has 2 aromatic carbocycles. The van der Waals surface area contributed by atoms with E-state index in [-0.39, 0.29) is 22.1 Å². The van der Waals surface area contributed by atoms with Gasteiger partial charge in [-0.25, -0.2) is 8.78 Å². The molecule has 10 heteroatoms. The third-order valence-electron chi connectivity index (χ3n) is 3.21. The van der Waals surface area contributed by atoms with Crippen molar-refractivity contribution >= 4 is 45.7 Å². The molecule has 2 amide bonds. The molecule has 0 saturated carbocycles. The summed E-state index contributed by atoms with van der Waals surface area (Å²) in [6.45, 7) is 0. The van der Waals surface area contributed by atoms with Crippen molar-refractivity contribution in [2.45, 2.75) is 4.34 Å². The Bertz CT molecular complexity index is 964. The molecule has 6 nitrogen and oxygen atoms in total. The van der Waals surface area contributed by atoms with E-state index in [2.05, 4.69) is 20.8 Å². The fourth-order valence-electron chi connectivity index (χ4n) is 1.97. The number of nitrogens with one attached hydrogen (secondary N) is 2. The van der Waals surface area contributed by atoms with Gasteiger partial charge in [0.15, 0.2) is 4.34 Å². The summed E-state index contributed by atoms with van der Waals surface area (Å²) in [7, 11) is 0. The highest BCUT2D eigenvalue weighted by molar-refractivity contribution is 8.01. The highest BCUT2D eigenvalue weighted by Gasteiger charge is 2.12. The van der Waals surface area contributed by atoms with E-state index in [9.17, 15) is 18.4 Å². The van der Waals surface area contributed by atoms with E-state index in [0.717, 1.165) is 23.1 Å². The maximum atomic E-state index is 13.5. The molecule has 0 saturated heterocycles. The van der Waals surface area contributed by atoms with Gasteiger partial charge in [-0.1, -0.05) is 35.2 Å². The van der Waals surface area contributed by atoms with E-state index >= 15 is 0 Å². The molecule has 27 heavy (non-hydrogen) atoms. The minimum absolute atomic E-state index is 0.00881. The van der Waals surface area contributed by atoms with Crippen LogP contribution in [0.4, 0.5) is 19.6 Å². The zero-order chi connectivity index (χ0) is 19.2. The van der Waals surface area contributed by atoms with Crippen molar-refractivity contribution in [2.24, 2.45) is 0 Å². The van der Waals surface area contributed by atoms with Gasteiger partial charge in [-0.3, -0.25) is 14.9 Å². The number of para-hydroxylation sites is 1. The van der Waals surface area contributed by atoms with Crippen LogP contribution in [0.5, 0.6) is 0 Å². The molecule has 0 aliphatic rings. The van der Waals surface area contributed by atoms with E-state index in [0.29, 0.717) is 4.34 Å². The maximum Gasteiger partial charge on any atom is 0.257 e. The lowest BCUT2D eigenvalue weighted by Crippen LogP contribution is -2.14. The second-order valence-electron chi connectivity index (χ2n) is 5.15. The second-order valence-corrected chi connectivity index (χ2v) is 7.35. The molecule has 0 unspecified atom stereocenters. The molecular weight excluding hydrogens is 394 g/mol. The molecule has 1 aromatic heterocycles. The summed E-state index contributed by atoms with van der Waals surface area (Å²) in [6, 6.07) is 10.9. The molecule has 138 valence electrons. The molecular formula is C17H12F2N4O2S2. The largest absolute Gasteiger partial charge is 0.323 e. The highest BCUT2D eigenvalue weighted by atomic mass is 32.2. The van der Waals surface area contributed by atoms with Crippen LogP contribution < -0.4 is 10.6 Å². The normalized spacial score (nSPS) is 10.4. The first-order valence-corrected chi connectivity index (χ1v) is 9.39. The van der Waals surface area contributed by atoms with Crippen LogP contribution in [0.1, 0.15) is 10.4 Å². The van der Waals surface area contributed by atoms with E-state index in [1.807, 2.05) is 0 Å². The molecule has 3 rings (SSSR count). The summed E-state index contributed by atoms with van der Waals surface area (Å²) in [6.07, 6.45) is 0. The summed E-state index contributed by atoms with van der Waals surface area (Å²) >= 11 is 2.20. The van der Waals surface area contributed by atoms with Crippen molar-refractivity contribution in [3.05, 3.63) is 65.7 Å². The van der Waals surface area contributed by atoms with E-state index in [1.54, 1.807) is 6.07 Å². The zero-order valence-corrected chi connectivity index (χ0v) is 15.2. The van der Waals surface area contributed by atoms with Gasteiger partial charge in [-0.15, -0.1) is 10.2 Å². The summed E-state index contributed by atoms with van der Waals surface area (Å²) < 4.78 is 26.8. The number of benzene rings is 2. The van der Waals surface area contributed by atoms with Crippen molar-refractivity contribution < 1.29 is 18.4 Å². The standard InChI is InChI=1S/C17H12F2N4O2S2/c18-11-7-5-10(6-8-11)15(25)21-16-22-23-17(27-16)26-9-14(24)20-13-4-2-1-3-12(13)19/h1-8H,9H2,(H,20,24)(H,21,22,25). The van der Waals surface area contributed by atoms with Crippen LogP contribution in [0.3, 0.4) is 0 Å². The fourth-order valence-corrected chi connectivity index (χ4v) is 3.51. The van der Waals surface area contributed by atoms with E-state index < -0.39 is 23.4 Å². The Morgan fingerprint density at radius 3 is 2.48 bits per heavy atom. The third-order valence-corrected chi connectivity index (χ3v) is 5.18. The Labute approximate surface area is 161 Å². The van der Waals surface area contributed by atoms with Crippen LogP contribution in [0.15, 0.2) is 52.9 Å². The average Bonchev–Trinajstić information content (AvgIpc) is 3.10. The number of halogens is 2. The van der Waals surface area contributed by atoms with Crippen LogP contribution >= 0.6 is 23.1 Å². The van der Waals surface area contributed by atoms with Crippen molar-refractivity contribution in [1.29, 1.82) is 0 Å². The fraction of sp³-hybridized carbons (Fsp3) is 0.0588. The molecule has 0 aliphatic carbocycles. The van der Waals surface area contributed by atoms with Gasteiger partial charge in [0.2, 0.25) is 11.0 Å². The topological polar surface area (TPSA) is 84.0 Å². The first kappa shape index (κ1) is 18.9. The maximum absolute atomic E-state index is 13.5. The van der Waals surface area contributed by atoms with Gasteiger partial charge in [0.1, 0.15) is 11.6 Å². The summed E-state index contributed by atoms with van der Waals surface area (Å²) in [5.41, 5.74) is 0.387. The van der Waals surface area contributed by atoms with Crippen molar-refractivity contribution in [3.63, 3.8) is 0 Å². The minimum atomic E-state index is -0.516. The van der Waals surface area contributed by atoms with Gasteiger partial charge in [0.25, 0.3) is 5.91 Å². The molecule has 0 atom stereocenters. The molecule has 0 bridgehead atoms. The van der Waals surface area contributed by atoms with E-state index in [1.165, 1.54) is 42.5 Å². The lowest BCUT2D eigenvalue weighted by molar-refractivity contribution is -0.113. The van der Waals surface area contributed by atoms with Gasteiger partial charge in [0.05, 0.1) is 11.4 Å². The highest BCUT2D eigenvalue weighted by Crippen LogP contribution is 2.26. The average molecular weight is 406 g/mol. The Morgan fingerprint density at radius 1 is 1.00 bits per heavy atom. The molecule has 1 heterocycles. The number of amides is 2. The van der Waals surface area contributed by atoms with Crippen LogP contribution in [0, 0.1) is 11.6 Å². The smallest absolute Gasteiger partial charge is 0.257 e. The number of carbonyl (C=O) groups excluding carboxylic acids is 2. The number of thioether (sulfide) groups is 1. The van der Waals surface area contributed by atoms with Gasteiger partial charge in [0, 0.05) is 5.56 Å². The number of carbonyl (C=O) groups is 2. The van der Waals surface area contributed by atoms with Gasteiger partial charge < -0.3 is 5.32 Å². The van der Waals surface area contributed by atoms with Gasteiger partial charge in [-0.05, 0) is 36.4 Å². The quantitative estimate of drug-likeness (QED) is 0.481. The number of aromatic nitrogens is 2.